The third kappa shape index (κ3) is 3.01. The summed E-state index contributed by atoms with van der Waals surface area (Å²) in [6, 6.07) is 3.22. The van der Waals surface area contributed by atoms with E-state index < -0.39 is 5.82 Å². The van der Waals surface area contributed by atoms with E-state index in [4.69, 9.17) is 23.2 Å². The number of halogens is 3. The zero-order valence-electron chi connectivity index (χ0n) is 10.8. The number of benzene rings is 1. The van der Waals surface area contributed by atoms with Crippen LogP contribution in [0.3, 0.4) is 0 Å². The normalized spacial score (nSPS) is 13.1. The van der Waals surface area contributed by atoms with Crippen LogP contribution in [0.1, 0.15) is 25.2 Å². The molecule has 1 aromatic carbocycles. The lowest BCUT2D eigenvalue weighted by atomic mass is 10.2. The molecular formula is C13H15Cl2FN2S. The molecule has 2 nitrogen and oxygen atoms in total. The lowest BCUT2D eigenvalue weighted by Gasteiger charge is -2.16. The fourth-order valence-electron chi connectivity index (χ4n) is 2.14. The Morgan fingerprint density at radius 1 is 1.47 bits per heavy atom. The zero-order chi connectivity index (χ0) is 14.0. The van der Waals surface area contributed by atoms with E-state index in [9.17, 15) is 4.39 Å². The first-order chi connectivity index (χ1) is 9.08. The number of hydrogen-bond acceptors (Lipinski definition) is 2. The number of nitrogens with zero attached hydrogens (tertiary/aromatic N) is 2. The molecule has 0 aliphatic heterocycles. The number of fused-ring (bicyclic) bond motifs is 1. The molecule has 19 heavy (non-hydrogen) atoms. The van der Waals surface area contributed by atoms with Gasteiger partial charge in [0.25, 0.3) is 0 Å². The molecule has 0 bridgehead atoms. The summed E-state index contributed by atoms with van der Waals surface area (Å²) < 4.78 is 15.7. The summed E-state index contributed by atoms with van der Waals surface area (Å²) in [5.74, 6) is 1.68. The van der Waals surface area contributed by atoms with Gasteiger partial charge in [-0.2, -0.15) is 11.8 Å². The van der Waals surface area contributed by atoms with Crippen molar-refractivity contribution in [2.45, 2.75) is 25.3 Å². The monoisotopic (exact) mass is 320 g/mol. The number of thioether (sulfide) groups is 1. The van der Waals surface area contributed by atoms with Crippen LogP contribution in [-0.2, 0) is 5.88 Å². The maximum atomic E-state index is 13.6. The Hall–Kier alpha value is -0.450. The van der Waals surface area contributed by atoms with Gasteiger partial charge in [-0.3, -0.25) is 0 Å². The van der Waals surface area contributed by atoms with Crippen LogP contribution < -0.4 is 0 Å². The maximum absolute atomic E-state index is 13.6. The predicted molar refractivity (Wildman–Crippen MR) is 82.0 cm³/mol. The minimum atomic E-state index is -0.423. The van der Waals surface area contributed by atoms with E-state index >= 15 is 0 Å². The number of aromatic nitrogens is 2. The van der Waals surface area contributed by atoms with Crippen molar-refractivity contribution in [1.29, 1.82) is 0 Å². The molecule has 1 aromatic heterocycles. The largest absolute Gasteiger partial charge is 0.324 e. The van der Waals surface area contributed by atoms with Gasteiger partial charge in [-0.15, -0.1) is 11.6 Å². The summed E-state index contributed by atoms with van der Waals surface area (Å²) in [7, 11) is 0. The fraction of sp³-hybridized carbons (Fsp3) is 0.462. The molecular weight excluding hydrogens is 306 g/mol. The van der Waals surface area contributed by atoms with Crippen molar-refractivity contribution in [2.75, 3.05) is 12.0 Å². The molecule has 1 unspecified atom stereocenters. The summed E-state index contributed by atoms with van der Waals surface area (Å²) in [5, 5.41) is 0.0926. The van der Waals surface area contributed by atoms with E-state index in [-0.39, 0.29) is 11.1 Å². The van der Waals surface area contributed by atoms with Gasteiger partial charge < -0.3 is 4.57 Å². The average molecular weight is 321 g/mol. The second-order valence-corrected chi connectivity index (χ2v) is 6.08. The summed E-state index contributed by atoms with van der Waals surface area (Å²) in [6.45, 7) is 2.10. The van der Waals surface area contributed by atoms with Crippen molar-refractivity contribution in [2.24, 2.45) is 0 Å². The van der Waals surface area contributed by atoms with Crippen molar-refractivity contribution in [3.8, 4) is 0 Å². The number of imidazole rings is 1. The van der Waals surface area contributed by atoms with Gasteiger partial charge in [0.2, 0.25) is 0 Å². The topological polar surface area (TPSA) is 17.8 Å². The van der Waals surface area contributed by atoms with E-state index in [0.717, 1.165) is 23.5 Å². The van der Waals surface area contributed by atoms with Gasteiger partial charge in [-0.1, -0.05) is 11.6 Å². The maximum Gasteiger partial charge on any atom is 0.144 e. The first-order valence-corrected chi connectivity index (χ1v) is 8.29. The fourth-order valence-corrected chi connectivity index (χ4v) is 3.07. The molecule has 0 spiro atoms. The van der Waals surface area contributed by atoms with Gasteiger partial charge in [-0.25, -0.2) is 9.37 Å². The van der Waals surface area contributed by atoms with Gasteiger partial charge in [0.15, 0.2) is 0 Å². The quantitative estimate of drug-likeness (QED) is 0.730. The second kappa shape index (κ2) is 6.33. The van der Waals surface area contributed by atoms with Crippen molar-refractivity contribution in [3.63, 3.8) is 0 Å². The van der Waals surface area contributed by atoms with Gasteiger partial charge in [0, 0.05) is 12.1 Å². The Balaban J connectivity index is 2.53. The third-order valence-electron chi connectivity index (χ3n) is 3.10. The van der Waals surface area contributed by atoms with Crippen molar-refractivity contribution >= 4 is 46.0 Å². The van der Waals surface area contributed by atoms with Crippen LogP contribution in [0.2, 0.25) is 5.02 Å². The van der Waals surface area contributed by atoms with Crippen LogP contribution in [0, 0.1) is 5.82 Å². The first kappa shape index (κ1) is 14.9. The highest BCUT2D eigenvalue weighted by molar-refractivity contribution is 7.98. The smallest absolute Gasteiger partial charge is 0.144 e. The molecule has 2 aromatic rings. The predicted octanol–water partition coefficient (Wildman–Crippen LogP) is 4.88. The Labute approximate surface area is 126 Å². The van der Waals surface area contributed by atoms with Crippen LogP contribution in [-0.4, -0.2) is 21.6 Å². The molecule has 0 aliphatic rings. The minimum absolute atomic E-state index is 0.0926. The summed E-state index contributed by atoms with van der Waals surface area (Å²) >= 11 is 13.5. The number of rotatable bonds is 5. The second-order valence-electron chi connectivity index (χ2n) is 4.42. The number of hydrogen-bond donors (Lipinski definition) is 0. The zero-order valence-corrected chi connectivity index (χ0v) is 13.1. The molecule has 0 aliphatic carbocycles. The molecule has 2 rings (SSSR count). The van der Waals surface area contributed by atoms with Crippen LogP contribution in [0.25, 0.3) is 11.0 Å². The van der Waals surface area contributed by atoms with E-state index in [1.807, 2.05) is 4.57 Å². The molecule has 6 heteroatoms. The van der Waals surface area contributed by atoms with E-state index in [0.29, 0.717) is 11.4 Å². The van der Waals surface area contributed by atoms with Crippen LogP contribution in [0.5, 0.6) is 0 Å². The molecule has 104 valence electrons. The molecule has 0 N–H and O–H groups in total. The lowest BCUT2D eigenvalue weighted by Crippen LogP contribution is -2.09. The van der Waals surface area contributed by atoms with Gasteiger partial charge in [0.1, 0.15) is 11.6 Å². The number of alkyl halides is 1. The SMILES string of the molecule is CSCCC(C)n1c(CCl)nc2cc(Cl)c(F)cc21. The van der Waals surface area contributed by atoms with Gasteiger partial charge >= 0.3 is 0 Å². The molecule has 0 saturated carbocycles. The van der Waals surface area contributed by atoms with Crippen molar-refractivity contribution in [1.82, 2.24) is 9.55 Å². The van der Waals surface area contributed by atoms with Crippen LogP contribution >= 0.6 is 35.0 Å². The van der Waals surface area contributed by atoms with Crippen molar-refractivity contribution in [3.05, 3.63) is 28.8 Å². The highest BCUT2D eigenvalue weighted by Crippen LogP contribution is 2.28. The molecule has 0 fully saturated rings. The molecule has 0 amide bonds. The summed E-state index contributed by atoms with van der Waals surface area (Å²) in [4.78, 5) is 4.44. The lowest BCUT2D eigenvalue weighted by molar-refractivity contribution is 0.532. The van der Waals surface area contributed by atoms with Gasteiger partial charge in [0.05, 0.1) is 21.9 Å². The Kier molecular flexibility index (Phi) is 4.98. The van der Waals surface area contributed by atoms with E-state index in [1.165, 1.54) is 6.07 Å². The molecule has 1 heterocycles. The summed E-state index contributed by atoms with van der Waals surface area (Å²) in [6.07, 6.45) is 3.06. The Morgan fingerprint density at radius 2 is 2.21 bits per heavy atom. The minimum Gasteiger partial charge on any atom is -0.324 e. The van der Waals surface area contributed by atoms with Crippen molar-refractivity contribution < 1.29 is 4.39 Å². The highest BCUT2D eigenvalue weighted by Gasteiger charge is 2.17. The van der Waals surface area contributed by atoms with E-state index in [1.54, 1.807) is 17.8 Å². The summed E-state index contributed by atoms with van der Waals surface area (Å²) in [5.41, 5.74) is 1.45. The molecule has 0 radical (unpaired) electrons. The van der Waals surface area contributed by atoms with E-state index in [2.05, 4.69) is 18.2 Å². The Bertz CT molecular complexity index is 586. The average Bonchev–Trinajstić information content (AvgIpc) is 2.74. The highest BCUT2D eigenvalue weighted by atomic mass is 35.5. The Morgan fingerprint density at radius 3 is 2.84 bits per heavy atom. The van der Waals surface area contributed by atoms with Gasteiger partial charge in [-0.05, 0) is 31.4 Å². The standard InChI is InChI=1S/C13H15Cl2FN2S/c1-8(3-4-19-2)18-12-6-10(16)9(15)5-11(12)17-13(18)7-14/h5-6,8H,3-4,7H2,1-2H3. The van der Waals surface area contributed by atoms with Crippen LogP contribution in [0.4, 0.5) is 4.39 Å². The molecule has 0 saturated heterocycles. The molecule has 1 atom stereocenters. The third-order valence-corrected chi connectivity index (χ3v) is 4.28. The van der Waals surface area contributed by atoms with Crippen LogP contribution in [0.15, 0.2) is 12.1 Å². The first-order valence-electron chi connectivity index (χ1n) is 5.99.